The van der Waals surface area contributed by atoms with Gasteiger partial charge >= 0.3 is 5.97 Å². The number of ether oxygens (including phenoxy) is 1. The van der Waals surface area contributed by atoms with Crippen LogP contribution in [0.25, 0.3) is 0 Å². The smallest absolute Gasteiger partial charge is 0.307 e. The van der Waals surface area contributed by atoms with Crippen molar-refractivity contribution >= 4 is 21.9 Å². The Kier molecular flexibility index (Phi) is 5.75. The summed E-state index contributed by atoms with van der Waals surface area (Å²) in [5.41, 5.74) is 0.497. The van der Waals surface area contributed by atoms with E-state index in [1.165, 1.54) is 6.07 Å². The fourth-order valence-electron chi connectivity index (χ4n) is 1.72. The van der Waals surface area contributed by atoms with Crippen molar-refractivity contribution in [3.8, 4) is 0 Å². The molecular formula is C13H17BrFNO2. The van der Waals surface area contributed by atoms with Gasteiger partial charge in [0.25, 0.3) is 0 Å². The van der Waals surface area contributed by atoms with E-state index in [0.29, 0.717) is 16.6 Å². The quantitative estimate of drug-likeness (QED) is 0.781. The molecule has 0 radical (unpaired) electrons. The summed E-state index contributed by atoms with van der Waals surface area (Å²) < 4.78 is 19.5. The van der Waals surface area contributed by atoms with Gasteiger partial charge in [0.2, 0.25) is 0 Å². The predicted octanol–water partition coefficient (Wildman–Crippen LogP) is 3.14. The molecule has 0 heterocycles. The largest absolute Gasteiger partial charge is 0.466 e. The van der Waals surface area contributed by atoms with Crippen molar-refractivity contribution in [2.24, 2.45) is 0 Å². The van der Waals surface area contributed by atoms with Crippen molar-refractivity contribution in [3.63, 3.8) is 0 Å². The molecule has 0 spiro atoms. The minimum absolute atomic E-state index is 0.138. The second-order valence-electron chi connectivity index (χ2n) is 4.15. The van der Waals surface area contributed by atoms with Gasteiger partial charge < -0.3 is 9.64 Å². The Hall–Kier alpha value is -0.940. The number of carbonyl (C=O) groups is 1. The van der Waals surface area contributed by atoms with E-state index in [1.807, 2.05) is 19.0 Å². The highest BCUT2D eigenvalue weighted by Gasteiger charge is 2.22. The number of rotatable bonds is 5. The van der Waals surface area contributed by atoms with Crippen molar-refractivity contribution < 1.29 is 13.9 Å². The van der Waals surface area contributed by atoms with Crippen molar-refractivity contribution in [1.29, 1.82) is 0 Å². The van der Waals surface area contributed by atoms with Gasteiger partial charge in [-0.05, 0) is 33.2 Å². The van der Waals surface area contributed by atoms with Crippen LogP contribution in [-0.4, -0.2) is 31.6 Å². The molecule has 0 fully saturated rings. The maximum Gasteiger partial charge on any atom is 0.307 e. The van der Waals surface area contributed by atoms with E-state index in [4.69, 9.17) is 4.74 Å². The number of esters is 1. The lowest BCUT2D eigenvalue weighted by Crippen LogP contribution is -2.24. The average Bonchev–Trinajstić information content (AvgIpc) is 2.27. The molecule has 0 saturated heterocycles. The lowest BCUT2D eigenvalue weighted by atomic mass is 10.0. The van der Waals surface area contributed by atoms with Crippen molar-refractivity contribution in [2.75, 3.05) is 20.7 Å². The first-order valence-electron chi connectivity index (χ1n) is 5.72. The fourth-order valence-corrected chi connectivity index (χ4v) is 2.05. The summed E-state index contributed by atoms with van der Waals surface area (Å²) in [5, 5.41) is 0. The third-order valence-electron chi connectivity index (χ3n) is 2.61. The number of benzene rings is 1. The summed E-state index contributed by atoms with van der Waals surface area (Å²) >= 11 is 3.21. The van der Waals surface area contributed by atoms with Crippen LogP contribution in [0.3, 0.4) is 0 Å². The average molecular weight is 318 g/mol. The summed E-state index contributed by atoms with van der Waals surface area (Å²) in [6.45, 7) is 2.09. The minimum atomic E-state index is -0.327. The first-order valence-corrected chi connectivity index (χ1v) is 6.52. The van der Waals surface area contributed by atoms with Crippen LogP contribution in [0.15, 0.2) is 22.7 Å². The monoisotopic (exact) mass is 317 g/mol. The first-order chi connectivity index (χ1) is 8.45. The number of halogens is 2. The van der Waals surface area contributed by atoms with Crippen LogP contribution in [-0.2, 0) is 9.53 Å². The van der Waals surface area contributed by atoms with Crippen LogP contribution < -0.4 is 0 Å². The summed E-state index contributed by atoms with van der Waals surface area (Å²) in [4.78, 5) is 13.3. The first kappa shape index (κ1) is 15.1. The number of hydrogen-bond donors (Lipinski definition) is 0. The molecule has 100 valence electrons. The van der Waals surface area contributed by atoms with Crippen LogP contribution >= 0.6 is 15.9 Å². The van der Waals surface area contributed by atoms with Crippen molar-refractivity contribution in [3.05, 3.63) is 34.1 Å². The Morgan fingerprint density at radius 3 is 2.67 bits per heavy atom. The lowest BCUT2D eigenvalue weighted by Gasteiger charge is -2.24. The molecule has 0 aliphatic rings. The lowest BCUT2D eigenvalue weighted by molar-refractivity contribution is -0.144. The molecule has 1 atom stereocenters. The van der Waals surface area contributed by atoms with Crippen molar-refractivity contribution in [2.45, 2.75) is 19.4 Å². The van der Waals surface area contributed by atoms with E-state index in [2.05, 4.69) is 15.9 Å². The number of carbonyl (C=O) groups excluding carboxylic acids is 1. The fraction of sp³-hybridized carbons (Fsp3) is 0.462. The molecule has 3 nitrogen and oxygen atoms in total. The van der Waals surface area contributed by atoms with E-state index < -0.39 is 0 Å². The molecule has 18 heavy (non-hydrogen) atoms. The van der Waals surface area contributed by atoms with Gasteiger partial charge in [-0.15, -0.1) is 0 Å². The highest BCUT2D eigenvalue weighted by molar-refractivity contribution is 9.10. The van der Waals surface area contributed by atoms with Gasteiger partial charge in [0.05, 0.1) is 13.0 Å². The molecule has 1 aromatic rings. The zero-order chi connectivity index (χ0) is 13.7. The number of nitrogens with zero attached hydrogens (tertiary/aromatic N) is 1. The zero-order valence-corrected chi connectivity index (χ0v) is 12.3. The SMILES string of the molecule is CCOC(=O)CC(c1ccc(Br)cc1F)N(C)C. The van der Waals surface area contributed by atoms with E-state index in [-0.39, 0.29) is 24.2 Å². The van der Waals surface area contributed by atoms with Gasteiger partial charge in [-0.25, -0.2) is 4.39 Å². The van der Waals surface area contributed by atoms with Crippen LogP contribution in [0, 0.1) is 5.82 Å². The molecule has 0 aliphatic heterocycles. The maximum absolute atomic E-state index is 13.9. The summed E-state index contributed by atoms with van der Waals surface area (Å²) in [6.07, 6.45) is 0.138. The van der Waals surface area contributed by atoms with Gasteiger partial charge in [-0.1, -0.05) is 22.0 Å². The van der Waals surface area contributed by atoms with Gasteiger partial charge in [-0.2, -0.15) is 0 Å². The Bertz CT molecular complexity index is 423. The van der Waals surface area contributed by atoms with E-state index in [1.54, 1.807) is 19.1 Å². The second-order valence-corrected chi connectivity index (χ2v) is 5.07. The maximum atomic E-state index is 13.9. The minimum Gasteiger partial charge on any atom is -0.466 e. The van der Waals surface area contributed by atoms with Crippen LogP contribution in [0.4, 0.5) is 4.39 Å². The zero-order valence-electron chi connectivity index (χ0n) is 10.7. The summed E-state index contributed by atoms with van der Waals surface area (Å²) in [5.74, 6) is -0.647. The Morgan fingerprint density at radius 1 is 1.50 bits per heavy atom. The van der Waals surface area contributed by atoms with Gasteiger partial charge in [0.1, 0.15) is 5.82 Å². The highest BCUT2D eigenvalue weighted by atomic mass is 79.9. The van der Waals surface area contributed by atoms with Crippen LogP contribution in [0.2, 0.25) is 0 Å². The highest BCUT2D eigenvalue weighted by Crippen LogP contribution is 2.27. The standard InChI is InChI=1S/C13H17BrFNO2/c1-4-18-13(17)8-12(16(2)3)10-6-5-9(14)7-11(10)15/h5-7,12H,4,8H2,1-3H3. The third-order valence-corrected chi connectivity index (χ3v) is 3.10. The second kappa shape index (κ2) is 6.85. The van der Waals surface area contributed by atoms with Gasteiger partial charge in [0, 0.05) is 16.1 Å². The molecule has 0 bridgehead atoms. The Morgan fingerprint density at radius 2 is 2.17 bits per heavy atom. The normalized spacial score (nSPS) is 12.6. The van der Waals surface area contributed by atoms with E-state index in [0.717, 1.165) is 0 Å². The molecule has 1 aromatic carbocycles. The van der Waals surface area contributed by atoms with Gasteiger partial charge in [-0.3, -0.25) is 4.79 Å². The van der Waals surface area contributed by atoms with Crippen LogP contribution in [0.5, 0.6) is 0 Å². The van der Waals surface area contributed by atoms with Gasteiger partial charge in [0.15, 0.2) is 0 Å². The Balaban J connectivity index is 2.94. The number of hydrogen-bond acceptors (Lipinski definition) is 3. The molecule has 5 heteroatoms. The molecule has 1 unspecified atom stereocenters. The molecular weight excluding hydrogens is 301 g/mol. The molecule has 0 amide bonds. The Labute approximate surface area is 115 Å². The molecule has 0 N–H and O–H groups in total. The van der Waals surface area contributed by atoms with E-state index >= 15 is 0 Å². The van der Waals surface area contributed by atoms with E-state index in [9.17, 15) is 9.18 Å². The summed E-state index contributed by atoms with van der Waals surface area (Å²) in [6, 6.07) is 4.53. The summed E-state index contributed by atoms with van der Waals surface area (Å²) in [7, 11) is 3.62. The topological polar surface area (TPSA) is 29.5 Å². The van der Waals surface area contributed by atoms with Crippen LogP contribution in [0.1, 0.15) is 24.9 Å². The molecule has 1 rings (SSSR count). The molecule has 0 saturated carbocycles. The van der Waals surface area contributed by atoms with Crippen molar-refractivity contribution in [1.82, 2.24) is 4.90 Å². The molecule has 0 aromatic heterocycles. The third kappa shape index (κ3) is 4.07. The molecule has 0 aliphatic carbocycles. The predicted molar refractivity (Wildman–Crippen MR) is 71.8 cm³/mol.